The molecule has 2 aromatic rings. The van der Waals surface area contributed by atoms with Gasteiger partial charge >= 0.3 is 0 Å². The summed E-state index contributed by atoms with van der Waals surface area (Å²) in [7, 11) is -3.34. The Hall–Kier alpha value is -2.45. The monoisotopic (exact) mass is 482 g/mol. The number of piperidine rings is 1. The standard InChI is InChI=1S/C26H34N4O3S/c31-25-26(29-24(28-25)21-9-3-1-4-10-21)14-17-30(18-15-26)34(32,33)19-6-2-5-8-20-11-7-12-23-22(20)13-16-27-23/h5,7-8,11-13,16,21,27H,1-4,6,9-10,14-15,17-19H2,(H,28,29,31)/b8-5+. The van der Waals surface area contributed by atoms with Gasteiger partial charge in [0.1, 0.15) is 11.4 Å². The van der Waals surface area contributed by atoms with Crippen LogP contribution in [-0.2, 0) is 14.8 Å². The number of benzene rings is 1. The van der Waals surface area contributed by atoms with Crippen LogP contribution in [0.5, 0.6) is 0 Å². The van der Waals surface area contributed by atoms with Crippen molar-refractivity contribution < 1.29 is 13.2 Å². The highest BCUT2D eigenvalue weighted by molar-refractivity contribution is 7.89. The summed E-state index contributed by atoms with van der Waals surface area (Å²) in [5.74, 6) is 1.30. The number of aromatic amines is 1. The first-order chi connectivity index (χ1) is 16.5. The summed E-state index contributed by atoms with van der Waals surface area (Å²) in [6.45, 7) is 0.727. The Bertz CT molecular complexity index is 1200. The van der Waals surface area contributed by atoms with Gasteiger partial charge in [-0.05, 0) is 56.2 Å². The van der Waals surface area contributed by atoms with Gasteiger partial charge in [0, 0.05) is 36.1 Å². The van der Waals surface area contributed by atoms with E-state index in [1.165, 1.54) is 24.6 Å². The van der Waals surface area contributed by atoms with E-state index in [2.05, 4.69) is 28.5 Å². The van der Waals surface area contributed by atoms with Crippen LogP contribution in [0.25, 0.3) is 17.0 Å². The third-order valence-electron chi connectivity index (χ3n) is 7.63. The van der Waals surface area contributed by atoms with E-state index in [4.69, 9.17) is 4.99 Å². The van der Waals surface area contributed by atoms with Crippen molar-refractivity contribution in [1.82, 2.24) is 14.6 Å². The van der Waals surface area contributed by atoms with Crippen molar-refractivity contribution in [2.24, 2.45) is 10.9 Å². The normalized spacial score (nSPS) is 22.0. The summed E-state index contributed by atoms with van der Waals surface area (Å²) in [6.07, 6.45) is 14.1. The second kappa shape index (κ2) is 9.66. The van der Waals surface area contributed by atoms with Gasteiger partial charge in [-0.25, -0.2) is 12.7 Å². The number of unbranched alkanes of at least 4 members (excludes halogenated alkanes) is 1. The second-order valence-electron chi connectivity index (χ2n) is 9.86. The van der Waals surface area contributed by atoms with E-state index >= 15 is 0 Å². The smallest absolute Gasteiger partial charge is 0.253 e. The molecule has 1 saturated heterocycles. The molecule has 1 amide bonds. The van der Waals surface area contributed by atoms with Crippen LogP contribution in [0.3, 0.4) is 0 Å². The fourth-order valence-electron chi connectivity index (χ4n) is 5.56. The first-order valence-corrected chi connectivity index (χ1v) is 14.2. The topological polar surface area (TPSA) is 94.6 Å². The van der Waals surface area contributed by atoms with Crippen LogP contribution in [0.4, 0.5) is 0 Å². The maximum atomic E-state index is 12.9. The number of aromatic nitrogens is 1. The quantitative estimate of drug-likeness (QED) is 0.578. The predicted molar refractivity (Wildman–Crippen MR) is 136 cm³/mol. The molecule has 34 heavy (non-hydrogen) atoms. The summed E-state index contributed by atoms with van der Waals surface area (Å²) < 4.78 is 27.4. The largest absolute Gasteiger partial charge is 0.361 e. The molecule has 8 heteroatoms. The van der Waals surface area contributed by atoms with Crippen LogP contribution >= 0.6 is 0 Å². The van der Waals surface area contributed by atoms with Gasteiger partial charge in [-0.15, -0.1) is 0 Å². The number of amidine groups is 1. The fourth-order valence-corrected chi connectivity index (χ4v) is 7.09. The first kappa shape index (κ1) is 23.3. The summed E-state index contributed by atoms with van der Waals surface area (Å²) in [6, 6.07) is 8.17. The Balaban J connectivity index is 1.13. The lowest BCUT2D eigenvalue weighted by molar-refractivity contribution is -0.125. The third-order valence-corrected chi connectivity index (χ3v) is 9.59. The molecule has 0 atom stereocenters. The average molecular weight is 483 g/mol. The van der Waals surface area contributed by atoms with Gasteiger partial charge < -0.3 is 10.3 Å². The molecule has 1 aliphatic carbocycles. The highest BCUT2D eigenvalue weighted by Crippen LogP contribution is 2.34. The van der Waals surface area contributed by atoms with E-state index in [0.29, 0.717) is 44.7 Å². The number of hydrogen-bond donors (Lipinski definition) is 2. The van der Waals surface area contributed by atoms with Crippen LogP contribution < -0.4 is 5.32 Å². The molecule has 2 fully saturated rings. The number of fused-ring (bicyclic) bond motifs is 1. The van der Waals surface area contributed by atoms with Gasteiger partial charge in [-0.3, -0.25) is 9.79 Å². The second-order valence-corrected chi connectivity index (χ2v) is 12.0. The zero-order chi connectivity index (χ0) is 23.6. The Morgan fingerprint density at radius 3 is 2.71 bits per heavy atom. The molecular weight excluding hydrogens is 448 g/mol. The molecule has 0 radical (unpaired) electrons. The van der Waals surface area contributed by atoms with Crippen LogP contribution in [0.2, 0.25) is 0 Å². The van der Waals surface area contributed by atoms with E-state index < -0.39 is 15.6 Å². The minimum absolute atomic E-state index is 0.0345. The molecule has 5 rings (SSSR count). The number of nitrogens with one attached hydrogen (secondary N) is 2. The van der Waals surface area contributed by atoms with Crippen molar-refractivity contribution in [3.8, 4) is 0 Å². The number of carbonyl (C=O) groups excluding carboxylic acids is 1. The lowest BCUT2D eigenvalue weighted by Crippen LogP contribution is -2.50. The fraction of sp³-hybridized carbons (Fsp3) is 0.538. The van der Waals surface area contributed by atoms with Crippen molar-refractivity contribution >= 4 is 38.7 Å². The predicted octanol–water partition coefficient (Wildman–Crippen LogP) is 4.23. The lowest BCUT2D eigenvalue weighted by atomic mass is 9.88. The zero-order valence-corrected chi connectivity index (χ0v) is 20.4. The summed E-state index contributed by atoms with van der Waals surface area (Å²) in [5.41, 5.74) is 1.46. The van der Waals surface area contributed by atoms with Gasteiger partial charge in [0.2, 0.25) is 10.0 Å². The number of amides is 1. The molecule has 3 heterocycles. The van der Waals surface area contributed by atoms with Gasteiger partial charge in [0.05, 0.1) is 5.75 Å². The molecule has 0 bridgehead atoms. The van der Waals surface area contributed by atoms with Crippen LogP contribution in [0, 0.1) is 5.92 Å². The lowest BCUT2D eigenvalue weighted by Gasteiger charge is -2.34. The average Bonchev–Trinajstić information content (AvgIpc) is 3.45. The highest BCUT2D eigenvalue weighted by Gasteiger charge is 2.48. The summed E-state index contributed by atoms with van der Waals surface area (Å²) >= 11 is 0. The maximum Gasteiger partial charge on any atom is 0.253 e. The molecule has 1 saturated carbocycles. The number of H-pyrrole nitrogens is 1. The minimum atomic E-state index is -3.34. The van der Waals surface area contributed by atoms with Gasteiger partial charge in [0.25, 0.3) is 5.91 Å². The zero-order valence-electron chi connectivity index (χ0n) is 19.6. The van der Waals surface area contributed by atoms with E-state index in [-0.39, 0.29) is 11.7 Å². The Morgan fingerprint density at radius 2 is 1.91 bits per heavy atom. The van der Waals surface area contributed by atoms with Crippen LogP contribution in [-0.4, -0.2) is 53.8 Å². The molecule has 2 N–H and O–H groups in total. The number of nitrogens with zero attached hydrogens (tertiary/aromatic N) is 2. The minimum Gasteiger partial charge on any atom is -0.361 e. The molecule has 182 valence electrons. The van der Waals surface area contributed by atoms with E-state index in [1.54, 1.807) is 4.31 Å². The van der Waals surface area contributed by atoms with Gasteiger partial charge in [-0.2, -0.15) is 0 Å². The number of sulfonamides is 1. The Kier molecular flexibility index (Phi) is 6.62. The SMILES string of the molecule is O=C1NC(C2CCCCC2)=NC12CCN(S(=O)(=O)CCC/C=C/c1cccc3[nH]ccc13)CC2. The molecule has 0 unspecified atom stereocenters. The number of carbonyl (C=O) groups is 1. The van der Waals surface area contributed by atoms with Gasteiger partial charge in [-0.1, -0.05) is 43.5 Å². The van der Waals surface area contributed by atoms with Crippen LogP contribution in [0.1, 0.15) is 63.4 Å². The van der Waals surface area contributed by atoms with Crippen molar-refractivity contribution in [2.75, 3.05) is 18.8 Å². The summed E-state index contributed by atoms with van der Waals surface area (Å²) in [4.78, 5) is 20.8. The van der Waals surface area contributed by atoms with E-state index in [0.717, 1.165) is 29.8 Å². The summed E-state index contributed by atoms with van der Waals surface area (Å²) in [5, 5.41) is 4.21. The van der Waals surface area contributed by atoms with Crippen molar-refractivity contribution in [3.63, 3.8) is 0 Å². The number of allylic oxidation sites excluding steroid dienone is 1. The molecular formula is C26H34N4O3S. The van der Waals surface area contributed by atoms with Gasteiger partial charge in [0.15, 0.2) is 0 Å². The maximum absolute atomic E-state index is 12.9. The number of aliphatic imine (C=N–C) groups is 1. The third kappa shape index (κ3) is 4.70. The van der Waals surface area contributed by atoms with Crippen molar-refractivity contribution in [3.05, 3.63) is 42.1 Å². The van der Waals surface area contributed by atoms with E-state index in [1.807, 2.05) is 24.4 Å². The highest BCUT2D eigenvalue weighted by atomic mass is 32.2. The van der Waals surface area contributed by atoms with Crippen LogP contribution in [0.15, 0.2) is 41.5 Å². The first-order valence-electron chi connectivity index (χ1n) is 12.6. The van der Waals surface area contributed by atoms with E-state index in [9.17, 15) is 13.2 Å². The molecule has 1 aromatic carbocycles. The number of hydrogen-bond acceptors (Lipinski definition) is 4. The van der Waals surface area contributed by atoms with Crippen molar-refractivity contribution in [2.45, 2.75) is 63.3 Å². The molecule has 1 spiro atoms. The molecule has 1 aromatic heterocycles. The molecule has 7 nitrogen and oxygen atoms in total. The number of rotatable bonds is 7. The Morgan fingerprint density at radius 1 is 1.12 bits per heavy atom. The van der Waals surface area contributed by atoms with Crippen molar-refractivity contribution in [1.29, 1.82) is 0 Å². The molecule has 3 aliphatic rings. The molecule has 2 aliphatic heterocycles. The Labute approximate surface area is 201 Å².